The number of carbonyl (C=O) groups excluding carboxylic acids is 1. The standard InChI is InChI=1S/C18H16BrNO4/c1-13(24-16-7-5-14(12-20)6-8-16)18(21)23-10-9-22-17-4-2-3-15(19)11-17/h2-8,11,13H,9-10H2,1H3/t13-/m1/s1. The molecule has 24 heavy (non-hydrogen) atoms. The van der Waals surface area contributed by atoms with Crippen LogP contribution in [0.2, 0.25) is 0 Å². The maximum Gasteiger partial charge on any atom is 0.347 e. The van der Waals surface area contributed by atoms with Gasteiger partial charge in [0.15, 0.2) is 6.10 Å². The van der Waals surface area contributed by atoms with E-state index in [-0.39, 0.29) is 13.2 Å². The molecule has 124 valence electrons. The van der Waals surface area contributed by atoms with Crippen molar-refractivity contribution >= 4 is 21.9 Å². The van der Waals surface area contributed by atoms with Crippen LogP contribution in [0.3, 0.4) is 0 Å². The number of rotatable bonds is 7. The van der Waals surface area contributed by atoms with Gasteiger partial charge in [-0.25, -0.2) is 4.79 Å². The van der Waals surface area contributed by atoms with Crippen LogP contribution in [0.1, 0.15) is 12.5 Å². The third-order valence-corrected chi connectivity index (χ3v) is 3.51. The van der Waals surface area contributed by atoms with Gasteiger partial charge in [-0.15, -0.1) is 0 Å². The Labute approximate surface area is 148 Å². The van der Waals surface area contributed by atoms with E-state index in [2.05, 4.69) is 15.9 Å². The SMILES string of the molecule is C[C@@H](Oc1ccc(C#N)cc1)C(=O)OCCOc1cccc(Br)c1. The van der Waals surface area contributed by atoms with Crippen molar-refractivity contribution in [1.29, 1.82) is 5.26 Å². The third-order valence-electron chi connectivity index (χ3n) is 3.02. The van der Waals surface area contributed by atoms with E-state index in [1.165, 1.54) is 0 Å². The number of nitriles is 1. The minimum Gasteiger partial charge on any atom is -0.490 e. The number of hydrogen-bond donors (Lipinski definition) is 0. The van der Waals surface area contributed by atoms with E-state index in [9.17, 15) is 4.79 Å². The monoisotopic (exact) mass is 389 g/mol. The molecule has 2 rings (SSSR count). The molecule has 2 aromatic carbocycles. The van der Waals surface area contributed by atoms with Gasteiger partial charge in [0.1, 0.15) is 24.7 Å². The van der Waals surface area contributed by atoms with Gasteiger partial charge >= 0.3 is 5.97 Å². The highest BCUT2D eigenvalue weighted by atomic mass is 79.9. The molecule has 0 fully saturated rings. The molecule has 0 saturated heterocycles. The molecule has 0 aliphatic rings. The smallest absolute Gasteiger partial charge is 0.347 e. The molecule has 0 saturated carbocycles. The highest BCUT2D eigenvalue weighted by Crippen LogP contribution is 2.17. The summed E-state index contributed by atoms with van der Waals surface area (Å²) < 4.78 is 17.0. The van der Waals surface area contributed by atoms with Crippen LogP contribution in [0, 0.1) is 11.3 Å². The highest BCUT2D eigenvalue weighted by Gasteiger charge is 2.16. The lowest BCUT2D eigenvalue weighted by Gasteiger charge is -2.14. The van der Waals surface area contributed by atoms with E-state index >= 15 is 0 Å². The van der Waals surface area contributed by atoms with Gasteiger partial charge in [0.25, 0.3) is 0 Å². The van der Waals surface area contributed by atoms with Crippen LogP contribution in [0.5, 0.6) is 11.5 Å². The molecule has 0 heterocycles. The van der Waals surface area contributed by atoms with Crippen LogP contribution in [0.15, 0.2) is 53.0 Å². The summed E-state index contributed by atoms with van der Waals surface area (Å²) in [5.74, 6) is 0.725. The number of halogens is 1. The molecule has 5 nitrogen and oxygen atoms in total. The molecule has 0 spiro atoms. The summed E-state index contributed by atoms with van der Waals surface area (Å²) in [4.78, 5) is 11.9. The minimum absolute atomic E-state index is 0.131. The van der Waals surface area contributed by atoms with E-state index in [1.807, 2.05) is 30.3 Å². The Kier molecular flexibility index (Phi) is 6.64. The molecular formula is C18H16BrNO4. The van der Waals surface area contributed by atoms with E-state index in [0.29, 0.717) is 17.1 Å². The number of hydrogen-bond acceptors (Lipinski definition) is 5. The summed E-state index contributed by atoms with van der Waals surface area (Å²) in [6.45, 7) is 1.99. The van der Waals surface area contributed by atoms with E-state index in [0.717, 1.165) is 4.47 Å². The van der Waals surface area contributed by atoms with Crippen LogP contribution in [-0.4, -0.2) is 25.3 Å². The molecule has 0 bridgehead atoms. The molecule has 1 atom stereocenters. The average Bonchev–Trinajstić information content (AvgIpc) is 2.59. The Bertz CT molecular complexity index is 725. The fourth-order valence-corrected chi connectivity index (χ4v) is 2.21. The van der Waals surface area contributed by atoms with Gasteiger partial charge in [0.05, 0.1) is 11.6 Å². The van der Waals surface area contributed by atoms with Gasteiger partial charge in [-0.1, -0.05) is 22.0 Å². The molecule has 0 unspecified atom stereocenters. The zero-order valence-corrected chi connectivity index (χ0v) is 14.7. The van der Waals surface area contributed by atoms with Crippen LogP contribution in [0.25, 0.3) is 0 Å². The maximum atomic E-state index is 11.9. The highest BCUT2D eigenvalue weighted by molar-refractivity contribution is 9.10. The van der Waals surface area contributed by atoms with Crippen molar-refractivity contribution in [3.05, 3.63) is 58.6 Å². The number of esters is 1. The minimum atomic E-state index is -0.746. The lowest BCUT2D eigenvalue weighted by atomic mass is 10.2. The molecule has 6 heteroatoms. The third kappa shape index (κ3) is 5.60. The first kappa shape index (κ1) is 17.8. The number of nitrogens with zero attached hydrogens (tertiary/aromatic N) is 1. The predicted molar refractivity (Wildman–Crippen MR) is 91.8 cm³/mol. The Balaban J connectivity index is 1.72. The van der Waals surface area contributed by atoms with Crippen LogP contribution < -0.4 is 9.47 Å². The maximum absolute atomic E-state index is 11.9. The first-order valence-corrected chi connectivity index (χ1v) is 8.09. The first-order chi connectivity index (χ1) is 11.6. The second-order valence-corrected chi connectivity index (χ2v) is 5.79. The van der Waals surface area contributed by atoms with Crippen LogP contribution in [-0.2, 0) is 9.53 Å². The lowest BCUT2D eigenvalue weighted by Crippen LogP contribution is -2.27. The summed E-state index contributed by atoms with van der Waals surface area (Å²) in [6, 6.07) is 16.0. The molecule has 0 radical (unpaired) electrons. The van der Waals surface area contributed by atoms with Gasteiger partial charge in [0, 0.05) is 4.47 Å². The molecule has 0 amide bonds. The van der Waals surface area contributed by atoms with Crippen molar-refractivity contribution < 1.29 is 19.0 Å². The lowest BCUT2D eigenvalue weighted by molar-refractivity contribution is -0.151. The van der Waals surface area contributed by atoms with Crippen LogP contribution >= 0.6 is 15.9 Å². The molecule has 0 aliphatic heterocycles. The Morgan fingerprint density at radius 2 is 1.92 bits per heavy atom. The fraction of sp³-hybridized carbons (Fsp3) is 0.222. The second-order valence-electron chi connectivity index (χ2n) is 4.87. The second kappa shape index (κ2) is 8.94. The molecule has 2 aromatic rings. The molecular weight excluding hydrogens is 374 g/mol. The average molecular weight is 390 g/mol. The van der Waals surface area contributed by atoms with E-state index < -0.39 is 12.1 Å². The summed E-state index contributed by atoms with van der Waals surface area (Å²) in [5, 5.41) is 8.74. The molecule has 0 N–H and O–H groups in total. The summed E-state index contributed by atoms with van der Waals surface area (Å²) >= 11 is 3.35. The zero-order valence-electron chi connectivity index (χ0n) is 13.1. The van der Waals surface area contributed by atoms with Crippen molar-refractivity contribution in [1.82, 2.24) is 0 Å². The van der Waals surface area contributed by atoms with Crippen molar-refractivity contribution in [3.8, 4) is 17.6 Å². The van der Waals surface area contributed by atoms with Crippen molar-refractivity contribution in [2.45, 2.75) is 13.0 Å². The molecule has 0 aliphatic carbocycles. The fourth-order valence-electron chi connectivity index (χ4n) is 1.84. The Hall–Kier alpha value is -2.52. The van der Waals surface area contributed by atoms with Gasteiger partial charge < -0.3 is 14.2 Å². The summed E-state index contributed by atoms with van der Waals surface area (Å²) in [7, 11) is 0. The Morgan fingerprint density at radius 3 is 2.58 bits per heavy atom. The van der Waals surface area contributed by atoms with Gasteiger partial charge in [-0.05, 0) is 49.4 Å². The Morgan fingerprint density at radius 1 is 1.17 bits per heavy atom. The zero-order chi connectivity index (χ0) is 17.4. The number of carbonyl (C=O) groups is 1. The first-order valence-electron chi connectivity index (χ1n) is 7.30. The van der Waals surface area contributed by atoms with Gasteiger partial charge in [-0.3, -0.25) is 0 Å². The van der Waals surface area contributed by atoms with Crippen LogP contribution in [0.4, 0.5) is 0 Å². The largest absolute Gasteiger partial charge is 0.490 e. The van der Waals surface area contributed by atoms with Crippen molar-refractivity contribution in [2.24, 2.45) is 0 Å². The summed E-state index contributed by atoms with van der Waals surface area (Å²) in [6.07, 6.45) is -0.746. The van der Waals surface area contributed by atoms with Crippen molar-refractivity contribution in [2.75, 3.05) is 13.2 Å². The van der Waals surface area contributed by atoms with Gasteiger partial charge in [0.2, 0.25) is 0 Å². The quantitative estimate of drug-likeness (QED) is 0.533. The van der Waals surface area contributed by atoms with Crippen molar-refractivity contribution in [3.63, 3.8) is 0 Å². The topological polar surface area (TPSA) is 68.5 Å². The predicted octanol–water partition coefficient (Wildman–Crippen LogP) is 3.71. The number of ether oxygens (including phenoxy) is 3. The van der Waals surface area contributed by atoms with Gasteiger partial charge in [-0.2, -0.15) is 5.26 Å². The van der Waals surface area contributed by atoms with E-state index in [4.69, 9.17) is 19.5 Å². The molecule has 0 aromatic heterocycles. The number of benzene rings is 2. The van der Waals surface area contributed by atoms with E-state index in [1.54, 1.807) is 31.2 Å². The summed E-state index contributed by atoms with van der Waals surface area (Å²) in [5.41, 5.74) is 0.530. The normalized spacial score (nSPS) is 11.2.